The number of cyclic esters (lactones) is 1. The Kier molecular flexibility index (Phi) is 5.08. The number of carbonyl (C=O) groups excluding carboxylic acids is 2. The van der Waals surface area contributed by atoms with Crippen LogP contribution >= 0.6 is 0 Å². The summed E-state index contributed by atoms with van der Waals surface area (Å²) in [7, 11) is 0. The van der Waals surface area contributed by atoms with E-state index in [2.05, 4.69) is 0 Å². The van der Waals surface area contributed by atoms with E-state index in [9.17, 15) is 9.59 Å². The van der Waals surface area contributed by atoms with Crippen LogP contribution < -0.4 is 0 Å². The lowest BCUT2D eigenvalue weighted by molar-refractivity contribution is -0.206. The first-order chi connectivity index (χ1) is 12.2. The van der Waals surface area contributed by atoms with Crippen LogP contribution in [0.2, 0.25) is 0 Å². The van der Waals surface area contributed by atoms with E-state index in [0.29, 0.717) is 0 Å². The van der Waals surface area contributed by atoms with E-state index in [-0.39, 0.29) is 36.4 Å². The van der Waals surface area contributed by atoms with Crippen molar-refractivity contribution in [3.63, 3.8) is 0 Å². The molecule has 1 aromatic rings. The van der Waals surface area contributed by atoms with Crippen molar-refractivity contribution in [1.82, 2.24) is 5.06 Å². The lowest BCUT2D eigenvalue weighted by Gasteiger charge is -2.27. The fraction of sp³-hybridized carbons (Fsp3) is 0.600. The highest BCUT2D eigenvalue weighted by molar-refractivity contribution is 5.79. The lowest BCUT2D eigenvalue weighted by atomic mass is 9.90. The zero-order chi connectivity index (χ0) is 19.1. The van der Waals surface area contributed by atoms with E-state index in [1.807, 2.05) is 65.0 Å². The number of hydroxylamine groups is 2. The molecule has 5 atom stereocenters. The summed E-state index contributed by atoms with van der Waals surface area (Å²) in [6.07, 6.45) is -0.646. The van der Waals surface area contributed by atoms with Gasteiger partial charge in [-0.05, 0) is 40.2 Å². The first-order valence-electron chi connectivity index (χ1n) is 9.10. The molecule has 6 nitrogen and oxygen atoms in total. The molecule has 2 aliphatic rings. The molecule has 0 aromatic heterocycles. The molecule has 6 heteroatoms. The molecular formula is C20H27NO5. The van der Waals surface area contributed by atoms with Crippen LogP contribution in [0.5, 0.6) is 0 Å². The van der Waals surface area contributed by atoms with Gasteiger partial charge in [0.2, 0.25) is 0 Å². The predicted molar refractivity (Wildman–Crippen MR) is 94.9 cm³/mol. The largest absolute Gasteiger partial charge is 0.461 e. The molecule has 2 fully saturated rings. The van der Waals surface area contributed by atoms with Gasteiger partial charge in [-0.3, -0.25) is 14.4 Å². The molecule has 0 saturated carbocycles. The quantitative estimate of drug-likeness (QED) is 0.768. The minimum absolute atomic E-state index is 0.0947. The summed E-state index contributed by atoms with van der Waals surface area (Å²) < 4.78 is 10.9. The van der Waals surface area contributed by atoms with Crippen molar-refractivity contribution >= 4 is 11.9 Å². The summed E-state index contributed by atoms with van der Waals surface area (Å²) in [6.45, 7) is 9.33. The van der Waals surface area contributed by atoms with Crippen molar-refractivity contribution in [2.75, 3.05) is 0 Å². The maximum atomic E-state index is 12.4. The third kappa shape index (κ3) is 3.76. The highest BCUT2D eigenvalue weighted by Gasteiger charge is 2.58. The Hall–Kier alpha value is -1.92. The lowest BCUT2D eigenvalue weighted by Crippen LogP contribution is -2.37. The maximum absolute atomic E-state index is 12.4. The second kappa shape index (κ2) is 7.00. The minimum Gasteiger partial charge on any atom is -0.461 e. The zero-order valence-electron chi connectivity index (χ0n) is 16.0. The van der Waals surface area contributed by atoms with Crippen LogP contribution in [-0.2, 0) is 23.9 Å². The van der Waals surface area contributed by atoms with Crippen molar-refractivity contribution in [2.45, 2.75) is 70.9 Å². The van der Waals surface area contributed by atoms with E-state index in [0.717, 1.165) is 5.56 Å². The van der Waals surface area contributed by atoms with E-state index in [1.54, 1.807) is 5.06 Å². The standard InChI is InChI=1S/C20H27NO5/c1-12(14-9-7-6-8-10-14)21-18-17(13(2)24-19(18)23)15(26-21)11-16(22)25-20(3,4)5/h6-10,12-13,15,17-18H,11H2,1-5H3/t12-,13-,15+,17-,18+/m0/s1. The van der Waals surface area contributed by atoms with Crippen LogP contribution in [0, 0.1) is 5.92 Å². The van der Waals surface area contributed by atoms with Crippen molar-refractivity contribution in [2.24, 2.45) is 5.92 Å². The first kappa shape index (κ1) is 18.9. The number of carbonyl (C=O) groups is 2. The Morgan fingerprint density at radius 3 is 2.54 bits per heavy atom. The van der Waals surface area contributed by atoms with Gasteiger partial charge in [0.15, 0.2) is 0 Å². The van der Waals surface area contributed by atoms with Crippen LogP contribution in [0.1, 0.15) is 52.6 Å². The molecule has 0 bridgehead atoms. The third-order valence-electron chi connectivity index (χ3n) is 4.86. The number of rotatable bonds is 4. The van der Waals surface area contributed by atoms with E-state index in [1.165, 1.54) is 0 Å². The summed E-state index contributed by atoms with van der Waals surface area (Å²) in [5.74, 6) is -0.819. The van der Waals surface area contributed by atoms with Crippen LogP contribution in [0.15, 0.2) is 30.3 Å². The average molecular weight is 361 g/mol. The van der Waals surface area contributed by atoms with Gasteiger partial charge in [-0.1, -0.05) is 30.3 Å². The highest BCUT2D eigenvalue weighted by atomic mass is 16.7. The van der Waals surface area contributed by atoms with Crippen LogP contribution in [0.3, 0.4) is 0 Å². The number of benzene rings is 1. The Morgan fingerprint density at radius 2 is 1.92 bits per heavy atom. The monoisotopic (exact) mass is 361 g/mol. The van der Waals surface area contributed by atoms with Crippen molar-refractivity contribution in [3.05, 3.63) is 35.9 Å². The van der Waals surface area contributed by atoms with Gasteiger partial charge >= 0.3 is 11.9 Å². The topological polar surface area (TPSA) is 65.1 Å². The Balaban J connectivity index is 1.80. The summed E-state index contributed by atoms with van der Waals surface area (Å²) in [4.78, 5) is 30.8. The van der Waals surface area contributed by atoms with E-state index in [4.69, 9.17) is 14.3 Å². The molecule has 26 heavy (non-hydrogen) atoms. The second-order valence-electron chi connectivity index (χ2n) is 8.05. The SMILES string of the molecule is C[C@@H]1OC(=O)[C@H]2[C@@H]1[C@@H](CC(=O)OC(C)(C)C)ON2[C@@H](C)c1ccccc1. The average Bonchev–Trinajstić information content (AvgIpc) is 3.05. The summed E-state index contributed by atoms with van der Waals surface area (Å²) >= 11 is 0. The van der Waals surface area contributed by atoms with Crippen molar-refractivity contribution < 1.29 is 23.9 Å². The van der Waals surface area contributed by atoms with Crippen molar-refractivity contribution in [1.29, 1.82) is 0 Å². The minimum atomic E-state index is -0.556. The summed E-state index contributed by atoms with van der Waals surface area (Å²) in [6, 6.07) is 9.20. The molecule has 0 aliphatic carbocycles. The molecule has 3 rings (SSSR count). The van der Waals surface area contributed by atoms with Gasteiger partial charge in [-0.25, -0.2) is 0 Å². The third-order valence-corrected chi connectivity index (χ3v) is 4.86. The second-order valence-corrected chi connectivity index (χ2v) is 8.05. The first-order valence-corrected chi connectivity index (χ1v) is 9.10. The molecule has 142 valence electrons. The number of esters is 2. The maximum Gasteiger partial charge on any atom is 0.326 e. The molecule has 0 radical (unpaired) electrons. The number of fused-ring (bicyclic) bond motifs is 1. The molecule has 1 aromatic carbocycles. The smallest absolute Gasteiger partial charge is 0.326 e. The Morgan fingerprint density at radius 1 is 1.27 bits per heavy atom. The molecule has 2 saturated heterocycles. The van der Waals surface area contributed by atoms with Crippen LogP contribution in [-0.4, -0.2) is 40.9 Å². The molecule has 0 spiro atoms. The summed E-state index contributed by atoms with van der Waals surface area (Å²) in [5.41, 5.74) is 0.483. The fourth-order valence-corrected chi connectivity index (χ4v) is 3.75. The van der Waals surface area contributed by atoms with Crippen LogP contribution in [0.4, 0.5) is 0 Å². The van der Waals surface area contributed by atoms with Gasteiger partial charge in [0.25, 0.3) is 0 Å². The number of hydrogen-bond donors (Lipinski definition) is 0. The van der Waals surface area contributed by atoms with E-state index >= 15 is 0 Å². The Labute approximate surface area is 154 Å². The van der Waals surface area contributed by atoms with Gasteiger partial charge in [0.1, 0.15) is 17.7 Å². The fourth-order valence-electron chi connectivity index (χ4n) is 3.75. The van der Waals surface area contributed by atoms with Gasteiger partial charge in [-0.2, -0.15) is 5.06 Å². The van der Waals surface area contributed by atoms with Gasteiger partial charge in [-0.15, -0.1) is 0 Å². The molecule has 2 aliphatic heterocycles. The molecule has 0 N–H and O–H groups in total. The number of nitrogens with zero attached hydrogens (tertiary/aromatic N) is 1. The van der Waals surface area contributed by atoms with Gasteiger partial charge < -0.3 is 9.47 Å². The Bertz CT molecular complexity index is 669. The molecule has 0 unspecified atom stereocenters. The highest BCUT2D eigenvalue weighted by Crippen LogP contribution is 2.43. The molecule has 0 amide bonds. The molecule has 2 heterocycles. The van der Waals surface area contributed by atoms with Gasteiger partial charge in [0.05, 0.1) is 24.5 Å². The number of ether oxygens (including phenoxy) is 2. The normalized spacial score (nSPS) is 30.0. The zero-order valence-corrected chi connectivity index (χ0v) is 16.0. The van der Waals surface area contributed by atoms with Crippen LogP contribution in [0.25, 0.3) is 0 Å². The number of hydrogen-bond acceptors (Lipinski definition) is 6. The van der Waals surface area contributed by atoms with Crippen molar-refractivity contribution in [3.8, 4) is 0 Å². The summed E-state index contributed by atoms with van der Waals surface area (Å²) in [5, 5.41) is 1.70. The predicted octanol–water partition coefficient (Wildman–Crippen LogP) is 3.03. The van der Waals surface area contributed by atoms with Gasteiger partial charge in [0, 0.05) is 0 Å². The van der Waals surface area contributed by atoms with E-state index < -0.39 is 17.7 Å². The molecular weight excluding hydrogens is 334 g/mol.